The topological polar surface area (TPSA) is 59.2 Å². The fraction of sp³-hybridized carbons (Fsp3) is 0.250. The molecule has 2 heterocycles. The van der Waals surface area contributed by atoms with E-state index in [1.54, 1.807) is 17.0 Å². The minimum absolute atomic E-state index is 0.193. The summed E-state index contributed by atoms with van der Waals surface area (Å²) in [5, 5.41) is 0.330. The molecule has 1 aromatic heterocycles. The van der Waals surface area contributed by atoms with E-state index in [2.05, 4.69) is 11.1 Å². The Kier molecular flexibility index (Phi) is 3.80. The molecule has 5 heteroatoms. The van der Waals surface area contributed by atoms with Crippen LogP contribution >= 0.6 is 11.6 Å². The number of halogens is 1. The molecule has 108 valence electrons. The molecular formula is C16H16ClN3O. The van der Waals surface area contributed by atoms with E-state index in [1.807, 2.05) is 18.2 Å². The molecule has 0 radical (unpaired) electrons. The minimum atomic E-state index is -0.193. The first-order valence-corrected chi connectivity index (χ1v) is 7.36. The van der Waals surface area contributed by atoms with Crippen molar-refractivity contribution >= 4 is 29.0 Å². The van der Waals surface area contributed by atoms with Crippen LogP contribution in [-0.2, 0) is 6.42 Å². The molecule has 1 aromatic carbocycles. The lowest BCUT2D eigenvalue weighted by atomic mass is 10.1. The monoisotopic (exact) mass is 301 g/mol. The molecule has 0 bridgehead atoms. The number of amides is 1. The van der Waals surface area contributed by atoms with Crippen LogP contribution in [0.5, 0.6) is 0 Å². The number of nitrogens with two attached hydrogens (primary N) is 1. The number of hydrogen-bond donors (Lipinski definition) is 1. The highest BCUT2D eigenvalue weighted by Gasteiger charge is 2.24. The van der Waals surface area contributed by atoms with Crippen LogP contribution < -0.4 is 10.6 Å². The Balaban J connectivity index is 2.03. The normalized spacial score (nSPS) is 14.4. The second kappa shape index (κ2) is 5.74. The number of fused-ring (bicyclic) bond motifs is 1. The number of rotatable bonds is 1. The van der Waals surface area contributed by atoms with Gasteiger partial charge in [0, 0.05) is 12.2 Å². The fourth-order valence-corrected chi connectivity index (χ4v) is 2.82. The third-order valence-electron chi connectivity index (χ3n) is 3.68. The van der Waals surface area contributed by atoms with Gasteiger partial charge in [0.25, 0.3) is 5.91 Å². The summed E-state index contributed by atoms with van der Waals surface area (Å²) in [6.07, 6.45) is 3.01. The number of benzene rings is 1. The Bertz CT molecular complexity index is 687. The van der Waals surface area contributed by atoms with Crippen LogP contribution in [0.4, 0.5) is 11.5 Å². The molecule has 0 aliphatic carbocycles. The van der Waals surface area contributed by atoms with Gasteiger partial charge in [-0.25, -0.2) is 4.98 Å². The summed E-state index contributed by atoms with van der Waals surface area (Å²) in [5.41, 5.74) is 8.02. The second-order valence-electron chi connectivity index (χ2n) is 5.11. The molecule has 0 spiro atoms. The molecular weight excluding hydrogens is 286 g/mol. The van der Waals surface area contributed by atoms with Crippen LogP contribution in [0.1, 0.15) is 28.9 Å². The molecule has 2 aromatic rings. The maximum Gasteiger partial charge on any atom is 0.278 e. The number of para-hydroxylation sites is 1. The molecule has 0 fully saturated rings. The van der Waals surface area contributed by atoms with E-state index in [4.69, 9.17) is 17.3 Å². The summed E-state index contributed by atoms with van der Waals surface area (Å²) in [6.45, 7) is 0.669. The number of pyridine rings is 1. The third kappa shape index (κ3) is 2.72. The summed E-state index contributed by atoms with van der Waals surface area (Å²) in [6, 6.07) is 11.2. The minimum Gasteiger partial charge on any atom is -0.384 e. The molecule has 0 saturated carbocycles. The first kappa shape index (κ1) is 13.9. The highest BCUT2D eigenvalue weighted by Crippen LogP contribution is 2.28. The molecule has 0 atom stereocenters. The van der Waals surface area contributed by atoms with Crippen molar-refractivity contribution in [3.63, 3.8) is 0 Å². The van der Waals surface area contributed by atoms with Crippen molar-refractivity contribution < 1.29 is 4.79 Å². The van der Waals surface area contributed by atoms with Crippen molar-refractivity contribution in [2.24, 2.45) is 0 Å². The van der Waals surface area contributed by atoms with E-state index in [0.29, 0.717) is 17.4 Å². The second-order valence-corrected chi connectivity index (χ2v) is 5.52. The lowest BCUT2D eigenvalue weighted by Gasteiger charge is -2.23. The average molecular weight is 302 g/mol. The van der Waals surface area contributed by atoms with Crippen LogP contribution in [0.25, 0.3) is 0 Å². The molecule has 4 nitrogen and oxygen atoms in total. The number of anilines is 2. The van der Waals surface area contributed by atoms with Crippen molar-refractivity contribution in [1.29, 1.82) is 0 Å². The van der Waals surface area contributed by atoms with Gasteiger partial charge in [-0.15, -0.1) is 0 Å². The third-order valence-corrected chi connectivity index (χ3v) is 3.98. The Hall–Kier alpha value is -2.07. The standard InChI is InChI=1S/C16H16ClN3O/c17-12-8-9-14(18)19-15(12)16(21)20-10-4-3-6-11-5-1-2-7-13(11)20/h1-2,5,7-9H,3-4,6,10H2,(H2,18,19). The van der Waals surface area contributed by atoms with Crippen molar-refractivity contribution in [3.05, 3.63) is 52.7 Å². The van der Waals surface area contributed by atoms with Gasteiger partial charge in [0.05, 0.1) is 5.02 Å². The largest absolute Gasteiger partial charge is 0.384 e. The van der Waals surface area contributed by atoms with E-state index in [1.165, 1.54) is 5.56 Å². The van der Waals surface area contributed by atoms with Crippen LogP contribution in [0.15, 0.2) is 36.4 Å². The SMILES string of the molecule is Nc1ccc(Cl)c(C(=O)N2CCCCc3ccccc32)n1. The number of aromatic nitrogens is 1. The van der Waals surface area contributed by atoms with Crippen molar-refractivity contribution in [2.45, 2.75) is 19.3 Å². The van der Waals surface area contributed by atoms with E-state index in [0.717, 1.165) is 24.9 Å². The van der Waals surface area contributed by atoms with Gasteiger partial charge in [-0.2, -0.15) is 0 Å². The fourth-order valence-electron chi connectivity index (χ4n) is 2.64. The van der Waals surface area contributed by atoms with E-state index < -0.39 is 0 Å². The smallest absolute Gasteiger partial charge is 0.278 e. The Morgan fingerprint density at radius 3 is 2.86 bits per heavy atom. The number of aryl methyl sites for hydroxylation is 1. The van der Waals surface area contributed by atoms with Gasteiger partial charge in [0.2, 0.25) is 0 Å². The van der Waals surface area contributed by atoms with Crippen LogP contribution in [-0.4, -0.2) is 17.4 Å². The zero-order chi connectivity index (χ0) is 14.8. The maximum absolute atomic E-state index is 12.8. The number of nitrogens with zero attached hydrogens (tertiary/aromatic N) is 2. The zero-order valence-electron chi connectivity index (χ0n) is 11.6. The zero-order valence-corrected chi connectivity index (χ0v) is 12.3. The predicted molar refractivity (Wildman–Crippen MR) is 84.7 cm³/mol. The van der Waals surface area contributed by atoms with Crippen LogP contribution in [0.3, 0.4) is 0 Å². The van der Waals surface area contributed by atoms with Gasteiger partial charge in [0.15, 0.2) is 0 Å². The first-order valence-electron chi connectivity index (χ1n) is 6.98. The van der Waals surface area contributed by atoms with Crippen molar-refractivity contribution in [1.82, 2.24) is 4.98 Å². The van der Waals surface area contributed by atoms with Gasteiger partial charge < -0.3 is 10.6 Å². The summed E-state index contributed by atoms with van der Waals surface area (Å²) in [4.78, 5) is 18.7. The Labute approximate surface area is 128 Å². The number of carbonyl (C=O) groups excluding carboxylic acids is 1. The highest BCUT2D eigenvalue weighted by atomic mass is 35.5. The van der Waals surface area contributed by atoms with E-state index in [9.17, 15) is 4.79 Å². The quantitative estimate of drug-likeness (QED) is 0.879. The highest BCUT2D eigenvalue weighted by molar-refractivity contribution is 6.34. The molecule has 3 rings (SSSR count). The number of carbonyl (C=O) groups is 1. The molecule has 0 saturated heterocycles. The van der Waals surface area contributed by atoms with Crippen LogP contribution in [0.2, 0.25) is 5.02 Å². The Morgan fingerprint density at radius 2 is 2.00 bits per heavy atom. The molecule has 1 aliphatic rings. The summed E-state index contributed by atoms with van der Waals surface area (Å²) in [7, 11) is 0. The molecule has 2 N–H and O–H groups in total. The molecule has 1 aliphatic heterocycles. The van der Waals surface area contributed by atoms with E-state index in [-0.39, 0.29) is 11.6 Å². The lowest BCUT2D eigenvalue weighted by molar-refractivity contribution is 0.0982. The van der Waals surface area contributed by atoms with Gasteiger partial charge >= 0.3 is 0 Å². The van der Waals surface area contributed by atoms with Crippen molar-refractivity contribution in [2.75, 3.05) is 17.2 Å². The average Bonchev–Trinajstić information content (AvgIpc) is 2.71. The summed E-state index contributed by atoms with van der Waals surface area (Å²) in [5.74, 6) is 0.104. The number of hydrogen-bond acceptors (Lipinski definition) is 3. The van der Waals surface area contributed by atoms with Gasteiger partial charge in [-0.1, -0.05) is 29.8 Å². The Morgan fingerprint density at radius 1 is 1.19 bits per heavy atom. The lowest BCUT2D eigenvalue weighted by Crippen LogP contribution is -2.32. The van der Waals surface area contributed by atoms with Gasteiger partial charge in [0.1, 0.15) is 11.5 Å². The van der Waals surface area contributed by atoms with Crippen LogP contribution in [0, 0.1) is 0 Å². The first-order chi connectivity index (χ1) is 10.2. The van der Waals surface area contributed by atoms with Gasteiger partial charge in [-0.3, -0.25) is 4.79 Å². The van der Waals surface area contributed by atoms with E-state index >= 15 is 0 Å². The predicted octanol–water partition coefficient (Wildman–Crippen LogP) is 3.30. The van der Waals surface area contributed by atoms with Gasteiger partial charge in [-0.05, 0) is 43.0 Å². The summed E-state index contributed by atoms with van der Waals surface area (Å²) >= 11 is 6.11. The molecule has 0 unspecified atom stereocenters. The van der Waals surface area contributed by atoms with Crippen molar-refractivity contribution in [3.8, 4) is 0 Å². The summed E-state index contributed by atoms with van der Waals surface area (Å²) < 4.78 is 0. The molecule has 21 heavy (non-hydrogen) atoms. The number of nitrogen functional groups attached to an aromatic ring is 1. The maximum atomic E-state index is 12.8. The molecule has 1 amide bonds.